The summed E-state index contributed by atoms with van der Waals surface area (Å²) >= 11 is 0. The fourth-order valence-electron chi connectivity index (χ4n) is 2.11. The van der Waals surface area contributed by atoms with Crippen LogP contribution in [-0.2, 0) is 11.3 Å². The molecule has 0 spiro atoms. The number of nitrogens with zero attached hydrogens (tertiary/aromatic N) is 1. The van der Waals surface area contributed by atoms with E-state index in [1.54, 1.807) is 0 Å². The van der Waals surface area contributed by atoms with E-state index in [4.69, 9.17) is 10.5 Å². The molecule has 1 fully saturated rings. The third-order valence-electron chi connectivity index (χ3n) is 3.49. The van der Waals surface area contributed by atoms with Crippen molar-refractivity contribution in [3.05, 3.63) is 29.3 Å². The van der Waals surface area contributed by atoms with Crippen molar-refractivity contribution in [2.45, 2.75) is 26.3 Å². The van der Waals surface area contributed by atoms with Gasteiger partial charge in [-0.3, -0.25) is 0 Å². The highest BCUT2D eigenvalue weighted by atomic mass is 16.5. The van der Waals surface area contributed by atoms with Gasteiger partial charge in [-0.05, 0) is 37.3 Å². The Kier molecular flexibility index (Phi) is 4.61. The second-order valence-electron chi connectivity index (χ2n) is 5.28. The SMILES string of the molecule is Cc1ccc(N(C)CCOCC2CC2)c(CN)c1. The molecular formula is C15H24N2O. The lowest BCUT2D eigenvalue weighted by Crippen LogP contribution is -2.24. The Labute approximate surface area is 110 Å². The number of rotatable bonds is 7. The maximum absolute atomic E-state index is 5.80. The second kappa shape index (κ2) is 6.21. The van der Waals surface area contributed by atoms with Crippen LogP contribution in [0.25, 0.3) is 0 Å². The molecule has 0 unspecified atom stereocenters. The van der Waals surface area contributed by atoms with Gasteiger partial charge in [-0.15, -0.1) is 0 Å². The molecule has 18 heavy (non-hydrogen) atoms. The zero-order chi connectivity index (χ0) is 13.0. The molecule has 0 aliphatic heterocycles. The van der Waals surface area contributed by atoms with Gasteiger partial charge in [-0.2, -0.15) is 0 Å². The molecule has 3 heteroatoms. The first-order chi connectivity index (χ1) is 8.70. The Hall–Kier alpha value is -1.06. The highest BCUT2D eigenvalue weighted by molar-refractivity contribution is 5.54. The Morgan fingerprint density at radius 1 is 1.39 bits per heavy atom. The summed E-state index contributed by atoms with van der Waals surface area (Å²) in [6.07, 6.45) is 2.70. The predicted molar refractivity (Wildman–Crippen MR) is 75.9 cm³/mol. The van der Waals surface area contributed by atoms with Gasteiger partial charge in [0.1, 0.15) is 0 Å². The Bertz CT molecular complexity index is 388. The van der Waals surface area contributed by atoms with E-state index >= 15 is 0 Å². The molecule has 1 aliphatic carbocycles. The molecule has 0 aromatic heterocycles. The molecule has 2 rings (SSSR count). The second-order valence-corrected chi connectivity index (χ2v) is 5.28. The minimum absolute atomic E-state index is 0.588. The summed E-state index contributed by atoms with van der Waals surface area (Å²) in [5.74, 6) is 0.842. The van der Waals surface area contributed by atoms with Crippen LogP contribution in [-0.4, -0.2) is 26.8 Å². The molecule has 2 N–H and O–H groups in total. The topological polar surface area (TPSA) is 38.5 Å². The molecule has 0 heterocycles. The molecule has 0 bridgehead atoms. The summed E-state index contributed by atoms with van der Waals surface area (Å²) in [5.41, 5.74) is 9.49. The number of aryl methyl sites for hydroxylation is 1. The average molecular weight is 248 g/mol. The average Bonchev–Trinajstić information content (AvgIpc) is 3.18. The molecule has 1 aliphatic rings. The minimum Gasteiger partial charge on any atom is -0.379 e. The largest absolute Gasteiger partial charge is 0.379 e. The summed E-state index contributed by atoms with van der Waals surface area (Å²) in [6, 6.07) is 6.45. The van der Waals surface area contributed by atoms with Gasteiger partial charge in [0, 0.05) is 32.4 Å². The summed E-state index contributed by atoms with van der Waals surface area (Å²) in [5, 5.41) is 0. The van der Waals surface area contributed by atoms with Crippen LogP contribution in [0.4, 0.5) is 5.69 Å². The number of hydrogen-bond donors (Lipinski definition) is 1. The number of ether oxygens (including phenoxy) is 1. The zero-order valence-electron chi connectivity index (χ0n) is 11.5. The van der Waals surface area contributed by atoms with Gasteiger partial charge in [0.25, 0.3) is 0 Å². The predicted octanol–water partition coefficient (Wildman–Crippen LogP) is 2.32. The number of benzene rings is 1. The highest BCUT2D eigenvalue weighted by Crippen LogP contribution is 2.28. The van der Waals surface area contributed by atoms with Crippen molar-refractivity contribution in [2.75, 3.05) is 31.7 Å². The number of nitrogens with two attached hydrogens (primary N) is 1. The van der Waals surface area contributed by atoms with Crippen LogP contribution in [0.3, 0.4) is 0 Å². The molecule has 3 nitrogen and oxygen atoms in total. The van der Waals surface area contributed by atoms with E-state index < -0.39 is 0 Å². The summed E-state index contributed by atoms with van der Waals surface area (Å²) in [7, 11) is 2.10. The Morgan fingerprint density at radius 2 is 2.17 bits per heavy atom. The molecule has 0 radical (unpaired) electrons. The van der Waals surface area contributed by atoms with Gasteiger partial charge in [0.05, 0.1) is 6.61 Å². The molecule has 1 aromatic rings. The van der Waals surface area contributed by atoms with Crippen molar-refractivity contribution in [2.24, 2.45) is 11.7 Å². The van der Waals surface area contributed by atoms with Gasteiger partial charge in [0.15, 0.2) is 0 Å². The first-order valence-corrected chi connectivity index (χ1v) is 6.79. The third kappa shape index (κ3) is 3.72. The standard InChI is InChI=1S/C15H24N2O/c1-12-3-6-15(14(9-12)10-16)17(2)7-8-18-11-13-4-5-13/h3,6,9,13H,4-5,7-8,10-11,16H2,1-2H3. The molecular weight excluding hydrogens is 224 g/mol. The number of hydrogen-bond acceptors (Lipinski definition) is 3. The molecule has 100 valence electrons. The maximum atomic E-state index is 5.80. The van der Waals surface area contributed by atoms with Crippen LogP contribution in [0.1, 0.15) is 24.0 Å². The lowest BCUT2D eigenvalue weighted by molar-refractivity contribution is 0.131. The summed E-state index contributed by atoms with van der Waals surface area (Å²) < 4.78 is 5.67. The Balaban J connectivity index is 1.84. The van der Waals surface area contributed by atoms with Crippen LogP contribution >= 0.6 is 0 Å². The monoisotopic (exact) mass is 248 g/mol. The smallest absolute Gasteiger partial charge is 0.0641 e. The summed E-state index contributed by atoms with van der Waals surface area (Å²) in [6.45, 7) is 5.34. The Morgan fingerprint density at radius 3 is 2.83 bits per heavy atom. The van der Waals surface area contributed by atoms with Crippen LogP contribution in [0.15, 0.2) is 18.2 Å². The van der Waals surface area contributed by atoms with E-state index in [1.807, 2.05) is 0 Å². The fourth-order valence-corrected chi connectivity index (χ4v) is 2.11. The van der Waals surface area contributed by atoms with Crippen molar-refractivity contribution in [3.8, 4) is 0 Å². The summed E-state index contributed by atoms with van der Waals surface area (Å²) in [4.78, 5) is 2.23. The van der Waals surface area contributed by atoms with E-state index in [1.165, 1.54) is 29.7 Å². The van der Waals surface area contributed by atoms with Crippen LogP contribution in [0, 0.1) is 12.8 Å². The van der Waals surface area contributed by atoms with E-state index in [-0.39, 0.29) is 0 Å². The zero-order valence-corrected chi connectivity index (χ0v) is 11.5. The van der Waals surface area contributed by atoms with Crippen LogP contribution in [0.2, 0.25) is 0 Å². The maximum Gasteiger partial charge on any atom is 0.0641 e. The molecule has 0 amide bonds. The van der Waals surface area contributed by atoms with E-state index in [9.17, 15) is 0 Å². The molecule has 0 saturated heterocycles. The van der Waals surface area contributed by atoms with E-state index in [0.29, 0.717) is 6.54 Å². The first kappa shape index (κ1) is 13.4. The van der Waals surface area contributed by atoms with Crippen molar-refractivity contribution in [1.29, 1.82) is 0 Å². The van der Waals surface area contributed by atoms with Crippen molar-refractivity contribution in [3.63, 3.8) is 0 Å². The van der Waals surface area contributed by atoms with Crippen molar-refractivity contribution >= 4 is 5.69 Å². The van der Waals surface area contributed by atoms with Gasteiger partial charge < -0.3 is 15.4 Å². The van der Waals surface area contributed by atoms with Crippen molar-refractivity contribution in [1.82, 2.24) is 0 Å². The van der Waals surface area contributed by atoms with E-state index in [0.717, 1.165) is 25.7 Å². The normalized spacial score (nSPS) is 14.8. The minimum atomic E-state index is 0.588. The first-order valence-electron chi connectivity index (χ1n) is 6.79. The van der Waals surface area contributed by atoms with Gasteiger partial charge in [0.2, 0.25) is 0 Å². The molecule has 0 atom stereocenters. The molecule has 1 saturated carbocycles. The number of likely N-dealkylation sites (N-methyl/N-ethyl adjacent to an activating group) is 1. The quantitative estimate of drug-likeness (QED) is 0.753. The number of anilines is 1. The van der Waals surface area contributed by atoms with E-state index in [2.05, 4.69) is 37.1 Å². The molecule has 1 aromatic carbocycles. The lowest BCUT2D eigenvalue weighted by Gasteiger charge is -2.22. The van der Waals surface area contributed by atoms with Gasteiger partial charge in [-0.25, -0.2) is 0 Å². The van der Waals surface area contributed by atoms with Crippen LogP contribution < -0.4 is 10.6 Å². The fraction of sp³-hybridized carbons (Fsp3) is 0.600. The third-order valence-corrected chi connectivity index (χ3v) is 3.49. The van der Waals surface area contributed by atoms with Crippen molar-refractivity contribution < 1.29 is 4.74 Å². The van der Waals surface area contributed by atoms with Crippen LogP contribution in [0.5, 0.6) is 0 Å². The highest BCUT2D eigenvalue weighted by Gasteiger charge is 2.21. The van der Waals surface area contributed by atoms with Gasteiger partial charge in [-0.1, -0.05) is 17.7 Å². The van der Waals surface area contributed by atoms with Gasteiger partial charge >= 0.3 is 0 Å². The lowest BCUT2D eigenvalue weighted by atomic mass is 10.1.